The van der Waals surface area contributed by atoms with E-state index < -0.39 is 0 Å². The second-order valence-electron chi connectivity index (χ2n) is 4.97. The van der Waals surface area contributed by atoms with E-state index in [0.29, 0.717) is 6.54 Å². The van der Waals surface area contributed by atoms with Crippen LogP contribution in [0.5, 0.6) is 0 Å². The van der Waals surface area contributed by atoms with Crippen molar-refractivity contribution in [2.45, 2.75) is 26.7 Å². The molecule has 2 unspecified atom stereocenters. The van der Waals surface area contributed by atoms with E-state index in [9.17, 15) is 9.59 Å². The first-order chi connectivity index (χ1) is 8.11. The Bertz CT molecular complexity index is 342. The van der Waals surface area contributed by atoms with E-state index >= 15 is 0 Å². The lowest BCUT2D eigenvalue weighted by Gasteiger charge is -2.18. The maximum Gasteiger partial charge on any atom is 0.232 e. The molecule has 2 aliphatic rings. The highest BCUT2D eigenvalue weighted by Gasteiger charge is 2.41. The predicted molar refractivity (Wildman–Crippen MR) is 65.2 cm³/mol. The van der Waals surface area contributed by atoms with Crippen LogP contribution in [-0.4, -0.2) is 36.3 Å². The number of imide groups is 1. The van der Waals surface area contributed by atoms with Crippen LogP contribution >= 0.6 is 0 Å². The number of nitrogens with zero attached hydrogens (tertiary/aromatic N) is 1. The molecular formula is C13H20N2O2. The van der Waals surface area contributed by atoms with Crippen molar-refractivity contribution in [1.82, 2.24) is 10.2 Å². The zero-order chi connectivity index (χ0) is 12.4. The first-order valence-electron chi connectivity index (χ1n) is 6.35. The average Bonchev–Trinajstić information content (AvgIpc) is 2.54. The largest absolute Gasteiger partial charge is 0.313 e. The van der Waals surface area contributed by atoms with Crippen LogP contribution in [0.4, 0.5) is 0 Å². The van der Waals surface area contributed by atoms with Gasteiger partial charge in [0, 0.05) is 24.9 Å². The highest BCUT2D eigenvalue weighted by Crippen LogP contribution is 2.26. The monoisotopic (exact) mass is 236 g/mol. The Labute approximate surface area is 102 Å². The third-order valence-corrected chi connectivity index (χ3v) is 3.88. The molecule has 4 nitrogen and oxygen atoms in total. The summed E-state index contributed by atoms with van der Waals surface area (Å²) in [6, 6.07) is 0. The number of nitrogens with one attached hydrogen (secondary N) is 1. The fourth-order valence-electron chi connectivity index (χ4n) is 2.40. The minimum absolute atomic E-state index is 0.00275. The third kappa shape index (κ3) is 2.41. The quantitative estimate of drug-likeness (QED) is 0.586. The van der Waals surface area contributed by atoms with E-state index in [0.717, 1.165) is 25.9 Å². The summed E-state index contributed by atoms with van der Waals surface area (Å²) >= 11 is 0. The van der Waals surface area contributed by atoms with Gasteiger partial charge >= 0.3 is 0 Å². The van der Waals surface area contributed by atoms with Crippen LogP contribution in [0.15, 0.2) is 11.6 Å². The Kier molecular flexibility index (Phi) is 3.62. The topological polar surface area (TPSA) is 49.4 Å². The number of carbonyl (C=O) groups excluding carboxylic acids is 2. The van der Waals surface area contributed by atoms with Crippen LogP contribution in [0.25, 0.3) is 0 Å². The maximum absolute atomic E-state index is 11.9. The van der Waals surface area contributed by atoms with Gasteiger partial charge in [0.2, 0.25) is 11.8 Å². The molecule has 1 N–H and O–H groups in total. The summed E-state index contributed by atoms with van der Waals surface area (Å²) in [5, 5.41) is 3.25. The molecule has 2 aliphatic heterocycles. The van der Waals surface area contributed by atoms with Gasteiger partial charge in [0.1, 0.15) is 0 Å². The number of rotatable bonds is 3. The molecule has 2 rings (SSSR count). The summed E-state index contributed by atoms with van der Waals surface area (Å²) in [7, 11) is 0. The second-order valence-corrected chi connectivity index (χ2v) is 4.97. The Morgan fingerprint density at radius 3 is 2.47 bits per heavy atom. The molecule has 0 bridgehead atoms. The number of amides is 2. The van der Waals surface area contributed by atoms with Crippen LogP contribution < -0.4 is 5.32 Å². The highest BCUT2D eigenvalue weighted by atomic mass is 16.2. The van der Waals surface area contributed by atoms with Gasteiger partial charge in [-0.3, -0.25) is 14.5 Å². The summed E-state index contributed by atoms with van der Waals surface area (Å²) in [5.74, 6) is -0.303. The number of hydrogen-bond donors (Lipinski definition) is 1. The molecule has 0 aromatic rings. The Morgan fingerprint density at radius 2 is 1.94 bits per heavy atom. The molecule has 2 heterocycles. The van der Waals surface area contributed by atoms with E-state index in [2.05, 4.69) is 11.4 Å². The molecule has 2 atom stereocenters. The van der Waals surface area contributed by atoms with Crippen LogP contribution in [0, 0.1) is 11.8 Å². The minimum Gasteiger partial charge on any atom is -0.313 e. The van der Waals surface area contributed by atoms with Crippen molar-refractivity contribution in [2.24, 2.45) is 11.8 Å². The fourth-order valence-corrected chi connectivity index (χ4v) is 2.40. The van der Waals surface area contributed by atoms with Gasteiger partial charge in [0.15, 0.2) is 0 Å². The zero-order valence-corrected chi connectivity index (χ0v) is 10.5. The van der Waals surface area contributed by atoms with Crippen molar-refractivity contribution in [3.05, 3.63) is 11.6 Å². The molecule has 94 valence electrons. The number of hydrogen-bond acceptors (Lipinski definition) is 3. The van der Waals surface area contributed by atoms with E-state index in [1.165, 1.54) is 10.5 Å². The Morgan fingerprint density at radius 1 is 1.29 bits per heavy atom. The lowest BCUT2D eigenvalue weighted by Crippen LogP contribution is -2.32. The molecule has 0 spiro atoms. The molecule has 0 saturated carbocycles. The van der Waals surface area contributed by atoms with Crippen LogP contribution in [0.2, 0.25) is 0 Å². The lowest BCUT2D eigenvalue weighted by molar-refractivity contribution is -0.139. The van der Waals surface area contributed by atoms with Crippen molar-refractivity contribution in [1.29, 1.82) is 0 Å². The first-order valence-corrected chi connectivity index (χ1v) is 6.35. The van der Waals surface area contributed by atoms with Crippen molar-refractivity contribution in [2.75, 3.05) is 19.6 Å². The minimum atomic E-state index is -0.149. The Balaban J connectivity index is 1.93. The highest BCUT2D eigenvalue weighted by molar-refractivity contribution is 6.04. The first kappa shape index (κ1) is 12.3. The average molecular weight is 236 g/mol. The zero-order valence-electron chi connectivity index (χ0n) is 10.5. The molecule has 4 heteroatoms. The van der Waals surface area contributed by atoms with E-state index in [1.807, 2.05) is 13.8 Å². The number of carbonyl (C=O) groups is 2. The Hall–Kier alpha value is -1.16. The molecule has 2 amide bonds. The summed E-state index contributed by atoms with van der Waals surface area (Å²) in [5.41, 5.74) is 1.36. The van der Waals surface area contributed by atoms with E-state index in [4.69, 9.17) is 0 Å². The third-order valence-electron chi connectivity index (χ3n) is 3.88. The molecule has 0 aliphatic carbocycles. The van der Waals surface area contributed by atoms with Crippen LogP contribution in [0.3, 0.4) is 0 Å². The molecule has 0 aromatic carbocycles. The van der Waals surface area contributed by atoms with E-state index in [-0.39, 0.29) is 23.7 Å². The summed E-state index contributed by atoms with van der Waals surface area (Å²) in [6.45, 7) is 6.14. The van der Waals surface area contributed by atoms with Crippen molar-refractivity contribution < 1.29 is 9.59 Å². The van der Waals surface area contributed by atoms with E-state index in [1.54, 1.807) is 0 Å². The van der Waals surface area contributed by atoms with Crippen LogP contribution in [0.1, 0.15) is 26.7 Å². The van der Waals surface area contributed by atoms with Crippen molar-refractivity contribution in [3.8, 4) is 0 Å². The normalized spacial score (nSPS) is 29.8. The SMILES string of the molecule is CC1C(=O)N(CCC2=CCNCC2)C(=O)C1C. The second kappa shape index (κ2) is 5.00. The van der Waals surface area contributed by atoms with Gasteiger partial charge in [-0.2, -0.15) is 0 Å². The van der Waals surface area contributed by atoms with Gasteiger partial charge in [0.05, 0.1) is 0 Å². The summed E-state index contributed by atoms with van der Waals surface area (Å²) in [4.78, 5) is 25.2. The van der Waals surface area contributed by atoms with Gasteiger partial charge in [-0.1, -0.05) is 25.5 Å². The van der Waals surface area contributed by atoms with Gasteiger partial charge in [-0.05, 0) is 19.4 Å². The standard InChI is InChI=1S/C13H20N2O2/c1-9-10(2)13(17)15(12(9)16)8-5-11-3-6-14-7-4-11/h3,9-10,14H,4-8H2,1-2H3. The van der Waals surface area contributed by atoms with Gasteiger partial charge < -0.3 is 5.32 Å². The molecule has 0 radical (unpaired) electrons. The molecular weight excluding hydrogens is 216 g/mol. The van der Waals surface area contributed by atoms with Gasteiger partial charge in [-0.25, -0.2) is 0 Å². The smallest absolute Gasteiger partial charge is 0.232 e. The molecule has 1 fully saturated rings. The van der Waals surface area contributed by atoms with Gasteiger partial charge in [0.25, 0.3) is 0 Å². The molecule has 0 aromatic heterocycles. The lowest BCUT2D eigenvalue weighted by atomic mass is 10.00. The van der Waals surface area contributed by atoms with Crippen molar-refractivity contribution >= 4 is 11.8 Å². The maximum atomic E-state index is 11.9. The predicted octanol–water partition coefficient (Wildman–Crippen LogP) is 0.937. The van der Waals surface area contributed by atoms with Crippen LogP contribution in [-0.2, 0) is 9.59 Å². The fraction of sp³-hybridized carbons (Fsp3) is 0.692. The van der Waals surface area contributed by atoms with Gasteiger partial charge in [-0.15, -0.1) is 0 Å². The summed E-state index contributed by atoms with van der Waals surface area (Å²) < 4.78 is 0. The summed E-state index contributed by atoms with van der Waals surface area (Å²) in [6.07, 6.45) is 4.03. The van der Waals surface area contributed by atoms with Crippen molar-refractivity contribution in [3.63, 3.8) is 0 Å². The number of likely N-dealkylation sites (tertiary alicyclic amines) is 1. The molecule has 17 heavy (non-hydrogen) atoms. The molecule has 1 saturated heterocycles.